The van der Waals surface area contributed by atoms with E-state index < -0.39 is 10.2 Å². The third-order valence-corrected chi connectivity index (χ3v) is 5.66. The van der Waals surface area contributed by atoms with Crippen molar-refractivity contribution in [3.8, 4) is 0 Å². The predicted molar refractivity (Wildman–Crippen MR) is 99.8 cm³/mol. The van der Waals surface area contributed by atoms with Crippen molar-refractivity contribution >= 4 is 21.8 Å². The molecule has 0 saturated heterocycles. The molecule has 0 bridgehead atoms. The Morgan fingerprint density at radius 1 is 1.04 bits per heavy atom. The Morgan fingerprint density at radius 2 is 1.68 bits per heavy atom. The van der Waals surface area contributed by atoms with E-state index in [4.69, 9.17) is 0 Å². The molecular weight excluding hydrogens is 338 g/mol. The highest BCUT2D eigenvalue weighted by molar-refractivity contribution is 7.90. The van der Waals surface area contributed by atoms with Gasteiger partial charge in [0.15, 0.2) is 0 Å². The molecule has 0 radical (unpaired) electrons. The van der Waals surface area contributed by atoms with Crippen LogP contribution in [0, 0.1) is 6.92 Å². The highest BCUT2D eigenvalue weighted by atomic mass is 32.2. The van der Waals surface area contributed by atoms with Gasteiger partial charge < -0.3 is 5.32 Å². The number of benzene rings is 2. The van der Waals surface area contributed by atoms with Crippen LogP contribution in [0.15, 0.2) is 48.5 Å². The van der Waals surface area contributed by atoms with Crippen LogP contribution >= 0.6 is 0 Å². The van der Waals surface area contributed by atoms with Gasteiger partial charge in [0.25, 0.3) is 5.91 Å². The van der Waals surface area contributed by atoms with E-state index in [0.717, 1.165) is 15.4 Å². The summed E-state index contributed by atoms with van der Waals surface area (Å²) >= 11 is 0. The average Bonchev–Trinajstić information content (AvgIpc) is 2.59. The topological polar surface area (TPSA) is 69.7 Å². The molecule has 25 heavy (non-hydrogen) atoms. The number of nitrogens with one attached hydrogen (secondary N) is 1. The molecule has 0 aliphatic carbocycles. The van der Waals surface area contributed by atoms with Crippen LogP contribution in [0.25, 0.3) is 0 Å². The van der Waals surface area contributed by atoms with Crippen LogP contribution in [0.3, 0.4) is 0 Å². The summed E-state index contributed by atoms with van der Waals surface area (Å²) in [5.74, 6) is -0.203. The molecule has 0 aromatic heterocycles. The van der Waals surface area contributed by atoms with E-state index in [1.54, 1.807) is 24.3 Å². The van der Waals surface area contributed by atoms with E-state index >= 15 is 0 Å². The first-order valence-electron chi connectivity index (χ1n) is 7.82. The highest BCUT2D eigenvalue weighted by Crippen LogP contribution is 2.18. The maximum atomic E-state index is 12.2. The van der Waals surface area contributed by atoms with E-state index in [1.807, 2.05) is 31.2 Å². The quantitative estimate of drug-likeness (QED) is 0.857. The molecule has 1 N–H and O–H groups in total. The fourth-order valence-corrected chi connectivity index (χ4v) is 3.19. The van der Waals surface area contributed by atoms with Crippen LogP contribution in [0.5, 0.6) is 0 Å². The van der Waals surface area contributed by atoms with Crippen molar-refractivity contribution in [1.82, 2.24) is 9.62 Å². The number of hydrogen-bond acceptors (Lipinski definition) is 3. The number of aryl methyl sites for hydroxylation is 1. The lowest BCUT2D eigenvalue weighted by Crippen LogP contribution is -2.37. The molecule has 0 unspecified atom stereocenters. The van der Waals surface area contributed by atoms with Crippen molar-refractivity contribution in [3.63, 3.8) is 0 Å². The van der Waals surface area contributed by atoms with Gasteiger partial charge in [0.2, 0.25) is 0 Å². The minimum absolute atomic E-state index is 0.203. The van der Waals surface area contributed by atoms with Gasteiger partial charge in [-0.1, -0.05) is 29.8 Å². The Morgan fingerprint density at radius 3 is 2.24 bits per heavy atom. The third-order valence-electron chi connectivity index (χ3n) is 3.84. The molecule has 7 heteroatoms. The third kappa shape index (κ3) is 4.58. The molecule has 2 aromatic carbocycles. The van der Waals surface area contributed by atoms with Gasteiger partial charge in [-0.15, -0.1) is 0 Å². The van der Waals surface area contributed by atoms with Gasteiger partial charge in [0.1, 0.15) is 0 Å². The van der Waals surface area contributed by atoms with Gasteiger partial charge in [-0.05, 0) is 36.8 Å². The maximum Gasteiger partial charge on any atom is 0.303 e. The zero-order valence-electron chi connectivity index (χ0n) is 14.9. The molecular formula is C18H23N3O3S. The van der Waals surface area contributed by atoms with E-state index in [0.29, 0.717) is 17.8 Å². The summed E-state index contributed by atoms with van der Waals surface area (Å²) in [4.78, 5) is 12.2. The summed E-state index contributed by atoms with van der Waals surface area (Å²) in [6.45, 7) is 2.44. The first-order chi connectivity index (χ1) is 11.7. The van der Waals surface area contributed by atoms with Gasteiger partial charge in [-0.25, -0.2) is 0 Å². The number of hydrogen-bond donors (Lipinski definition) is 1. The predicted octanol–water partition coefficient (Wildman–Crippen LogP) is 2.17. The summed E-state index contributed by atoms with van der Waals surface area (Å²) in [6.07, 6.45) is 0. The monoisotopic (exact) mass is 361 g/mol. The summed E-state index contributed by atoms with van der Waals surface area (Å²) in [7, 11) is 0.869. The van der Waals surface area contributed by atoms with E-state index in [2.05, 4.69) is 5.32 Å². The first kappa shape index (κ1) is 19.0. The Bertz CT molecular complexity index is 846. The second-order valence-electron chi connectivity index (χ2n) is 5.98. The number of carbonyl (C=O) groups is 1. The van der Waals surface area contributed by atoms with Gasteiger partial charge in [0.05, 0.1) is 5.69 Å². The van der Waals surface area contributed by atoms with Gasteiger partial charge in [-0.3, -0.25) is 9.10 Å². The largest absolute Gasteiger partial charge is 0.348 e. The van der Waals surface area contributed by atoms with Gasteiger partial charge >= 0.3 is 10.2 Å². The first-order valence-corrected chi connectivity index (χ1v) is 9.21. The molecule has 0 aliphatic rings. The number of amides is 1. The second-order valence-corrected chi connectivity index (χ2v) is 8.15. The van der Waals surface area contributed by atoms with Gasteiger partial charge in [-0.2, -0.15) is 12.7 Å². The van der Waals surface area contributed by atoms with Crippen LogP contribution in [0.2, 0.25) is 0 Å². The fraction of sp³-hybridized carbons (Fsp3) is 0.278. The number of carbonyl (C=O) groups excluding carboxylic acids is 1. The molecule has 2 aromatic rings. The lowest BCUT2D eigenvalue weighted by atomic mass is 10.1. The van der Waals surface area contributed by atoms with Crippen LogP contribution < -0.4 is 9.62 Å². The Kier molecular flexibility index (Phi) is 5.81. The zero-order valence-corrected chi connectivity index (χ0v) is 15.7. The Labute approximate surface area is 149 Å². The maximum absolute atomic E-state index is 12.2. The molecule has 0 aliphatic heterocycles. The normalized spacial score (nSPS) is 11.4. The van der Waals surface area contributed by atoms with E-state index in [1.165, 1.54) is 25.4 Å². The zero-order chi connectivity index (χ0) is 18.6. The molecule has 134 valence electrons. The summed E-state index contributed by atoms with van der Waals surface area (Å²) in [5.41, 5.74) is 3.14. The summed E-state index contributed by atoms with van der Waals surface area (Å²) in [5, 5.41) is 2.86. The van der Waals surface area contributed by atoms with Crippen LogP contribution in [0.4, 0.5) is 5.69 Å². The van der Waals surface area contributed by atoms with Crippen molar-refractivity contribution in [1.29, 1.82) is 0 Å². The Hall–Kier alpha value is -2.38. The number of nitrogens with zero attached hydrogens (tertiary/aromatic N) is 2. The SMILES string of the molecule is Cc1cccc(CNC(=O)c2ccc(N(C)S(=O)(=O)N(C)C)cc2)c1. The molecule has 0 heterocycles. The van der Waals surface area contributed by atoms with Crippen molar-refractivity contribution < 1.29 is 13.2 Å². The number of anilines is 1. The highest BCUT2D eigenvalue weighted by Gasteiger charge is 2.21. The van der Waals surface area contributed by atoms with E-state index in [-0.39, 0.29) is 5.91 Å². The minimum Gasteiger partial charge on any atom is -0.348 e. The minimum atomic E-state index is -3.55. The molecule has 0 saturated carbocycles. The molecule has 6 nitrogen and oxygen atoms in total. The average molecular weight is 361 g/mol. The second kappa shape index (κ2) is 7.67. The Balaban J connectivity index is 2.05. The lowest BCUT2D eigenvalue weighted by molar-refractivity contribution is 0.0951. The molecule has 1 amide bonds. The standard InChI is InChI=1S/C18H23N3O3S/c1-14-6-5-7-15(12-14)13-19-18(22)16-8-10-17(11-9-16)21(4)25(23,24)20(2)3/h5-12H,13H2,1-4H3,(H,19,22). The van der Waals surface area contributed by atoms with Crippen molar-refractivity contribution in [2.45, 2.75) is 13.5 Å². The van der Waals surface area contributed by atoms with Crippen molar-refractivity contribution in [2.24, 2.45) is 0 Å². The van der Waals surface area contributed by atoms with Crippen LogP contribution in [-0.4, -0.2) is 39.8 Å². The van der Waals surface area contributed by atoms with Crippen LogP contribution in [-0.2, 0) is 16.8 Å². The van der Waals surface area contributed by atoms with Gasteiger partial charge in [0, 0.05) is 33.3 Å². The van der Waals surface area contributed by atoms with Crippen molar-refractivity contribution in [2.75, 3.05) is 25.4 Å². The summed E-state index contributed by atoms with van der Waals surface area (Å²) < 4.78 is 26.5. The molecule has 0 fully saturated rings. The molecule has 0 spiro atoms. The lowest BCUT2D eigenvalue weighted by Gasteiger charge is -2.23. The van der Waals surface area contributed by atoms with E-state index in [9.17, 15) is 13.2 Å². The summed E-state index contributed by atoms with van der Waals surface area (Å²) in [6, 6.07) is 14.4. The number of rotatable bonds is 6. The fourth-order valence-electron chi connectivity index (χ4n) is 2.31. The molecule has 0 atom stereocenters. The smallest absolute Gasteiger partial charge is 0.303 e. The molecule has 2 rings (SSSR count). The van der Waals surface area contributed by atoms with Crippen LogP contribution in [0.1, 0.15) is 21.5 Å². The van der Waals surface area contributed by atoms with Crippen molar-refractivity contribution in [3.05, 3.63) is 65.2 Å².